The zero-order chi connectivity index (χ0) is 26.2. The number of carbonyl (C=O) groups is 1. The molecule has 1 spiro atoms. The molecule has 2 fully saturated rings. The molecule has 3 heterocycles. The predicted octanol–water partition coefficient (Wildman–Crippen LogP) is 4.06. The van der Waals surface area contributed by atoms with E-state index in [1.54, 1.807) is 19.2 Å². The summed E-state index contributed by atoms with van der Waals surface area (Å²) in [5.74, 6) is 7.64. The van der Waals surface area contributed by atoms with Crippen molar-refractivity contribution in [1.82, 2.24) is 19.7 Å². The fourth-order valence-corrected chi connectivity index (χ4v) is 6.14. The highest BCUT2D eigenvalue weighted by Gasteiger charge is 2.54. The molecule has 8 heteroatoms. The Labute approximate surface area is 215 Å². The number of fused-ring (bicyclic) bond motifs is 3. The zero-order valence-corrected chi connectivity index (χ0v) is 22.6. The number of urea groups is 1. The van der Waals surface area contributed by atoms with Crippen LogP contribution in [0.1, 0.15) is 50.7 Å². The molecule has 2 N–H and O–H groups in total. The minimum atomic E-state index is -0.298. The fourth-order valence-electron chi connectivity index (χ4n) is 6.14. The van der Waals surface area contributed by atoms with E-state index in [0.717, 1.165) is 72.1 Å². The molecule has 1 aromatic rings. The molecule has 2 amide bonds. The minimum Gasteiger partial charge on any atom is -0.497 e. The number of hydrogen-bond donors (Lipinski definition) is 1. The number of likely N-dealkylation sites (tertiary alicyclic amines) is 1. The van der Waals surface area contributed by atoms with E-state index in [2.05, 4.69) is 36.3 Å². The van der Waals surface area contributed by atoms with E-state index >= 15 is 0 Å². The molecular weight excluding hydrogens is 454 g/mol. The Bertz CT molecular complexity index is 1080. The summed E-state index contributed by atoms with van der Waals surface area (Å²) >= 11 is 0. The van der Waals surface area contributed by atoms with Crippen LogP contribution in [0.2, 0.25) is 0 Å². The maximum absolute atomic E-state index is 13.8. The summed E-state index contributed by atoms with van der Waals surface area (Å²) in [4.78, 5) is 20.3. The predicted molar refractivity (Wildman–Crippen MR) is 143 cm³/mol. The first-order chi connectivity index (χ1) is 17.2. The van der Waals surface area contributed by atoms with Gasteiger partial charge in [0.15, 0.2) is 0 Å². The van der Waals surface area contributed by atoms with Gasteiger partial charge in [-0.05, 0) is 43.9 Å². The van der Waals surface area contributed by atoms with Crippen LogP contribution in [-0.2, 0) is 6.54 Å². The van der Waals surface area contributed by atoms with Crippen molar-refractivity contribution in [2.75, 3.05) is 47.4 Å². The molecule has 3 aliphatic rings. The summed E-state index contributed by atoms with van der Waals surface area (Å²) in [5.41, 5.74) is 5.19. The minimum absolute atomic E-state index is 0.0892. The van der Waals surface area contributed by atoms with E-state index in [0.29, 0.717) is 13.1 Å². The number of methoxy groups -OCH3 is 2. The zero-order valence-electron chi connectivity index (χ0n) is 22.6. The fraction of sp³-hybridized carbons (Fsp3) is 0.536. The molecule has 0 aliphatic carbocycles. The van der Waals surface area contributed by atoms with Gasteiger partial charge in [-0.15, -0.1) is 0 Å². The molecule has 4 rings (SSSR count). The molecule has 1 aromatic carbocycles. The molecule has 2 saturated heterocycles. The summed E-state index contributed by atoms with van der Waals surface area (Å²) < 4.78 is 11.3. The number of carbonyl (C=O) groups excluding carboxylic acids is 1. The van der Waals surface area contributed by atoms with Gasteiger partial charge in [0.25, 0.3) is 0 Å². The van der Waals surface area contributed by atoms with Gasteiger partial charge < -0.3 is 19.4 Å². The number of nitrogens with two attached hydrogens (primary N) is 1. The van der Waals surface area contributed by atoms with E-state index in [4.69, 9.17) is 15.3 Å². The Morgan fingerprint density at radius 3 is 2.53 bits per heavy atom. The van der Waals surface area contributed by atoms with Crippen molar-refractivity contribution in [2.24, 2.45) is 5.84 Å². The van der Waals surface area contributed by atoms with Crippen molar-refractivity contribution >= 4 is 6.03 Å². The van der Waals surface area contributed by atoms with Gasteiger partial charge >= 0.3 is 6.03 Å². The van der Waals surface area contributed by atoms with Crippen molar-refractivity contribution in [3.05, 3.63) is 59.0 Å². The second-order valence-electron chi connectivity index (χ2n) is 10.1. The molecule has 3 aliphatic heterocycles. The largest absolute Gasteiger partial charge is 0.497 e. The summed E-state index contributed by atoms with van der Waals surface area (Å²) in [6.07, 6.45) is 5.98. The van der Waals surface area contributed by atoms with Crippen LogP contribution < -0.4 is 15.3 Å². The van der Waals surface area contributed by atoms with Gasteiger partial charge in [-0.1, -0.05) is 25.7 Å². The summed E-state index contributed by atoms with van der Waals surface area (Å²) in [7, 11) is 5.20. The highest BCUT2D eigenvalue weighted by Crippen LogP contribution is 2.49. The van der Waals surface area contributed by atoms with Crippen molar-refractivity contribution < 1.29 is 14.3 Å². The molecule has 0 bridgehead atoms. The number of ether oxygens (including phenoxy) is 2. The average Bonchev–Trinajstić information content (AvgIpc) is 2.98. The SMILES string of the molecule is C=C/C(CN1CCC2(CC1)C1=C[C@H](C)c3c(cc(OC)cc3OC)CN1C(=O)N2CC)=C(/C)N(C)N. The second kappa shape index (κ2) is 10.2. The highest BCUT2D eigenvalue weighted by atomic mass is 16.5. The number of nitrogens with zero attached hydrogens (tertiary/aromatic N) is 4. The van der Waals surface area contributed by atoms with Crippen molar-refractivity contribution in [3.8, 4) is 11.5 Å². The van der Waals surface area contributed by atoms with Crippen LogP contribution in [0.15, 0.2) is 47.8 Å². The first-order valence-electron chi connectivity index (χ1n) is 12.8. The molecule has 0 aromatic heterocycles. The van der Waals surface area contributed by atoms with E-state index in [9.17, 15) is 4.79 Å². The molecule has 0 radical (unpaired) electrons. The molecule has 36 heavy (non-hydrogen) atoms. The van der Waals surface area contributed by atoms with Crippen LogP contribution in [0.4, 0.5) is 4.79 Å². The summed E-state index contributed by atoms with van der Waals surface area (Å²) in [6.45, 7) is 14.1. The number of piperidine rings is 1. The Hall–Kier alpha value is -2.97. The lowest BCUT2D eigenvalue weighted by atomic mass is 9.82. The smallest absolute Gasteiger partial charge is 0.325 e. The number of benzene rings is 1. The molecule has 0 unspecified atom stereocenters. The van der Waals surface area contributed by atoms with Crippen LogP contribution in [0, 0.1) is 0 Å². The van der Waals surface area contributed by atoms with Crippen LogP contribution in [-0.4, -0.2) is 78.7 Å². The molecule has 8 nitrogen and oxygen atoms in total. The maximum atomic E-state index is 13.8. The molecule has 0 saturated carbocycles. The molecule has 1 atom stereocenters. The molecular formula is C28H41N5O3. The summed E-state index contributed by atoms with van der Waals surface area (Å²) in [5, 5.41) is 1.65. The monoisotopic (exact) mass is 495 g/mol. The number of hydrazine groups is 1. The quantitative estimate of drug-likeness (QED) is 0.349. The van der Waals surface area contributed by atoms with Crippen molar-refractivity contribution in [2.45, 2.75) is 51.6 Å². The number of likely N-dealkylation sites (N-methyl/N-ethyl adjacent to an activating group) is 1. The second-order valence-corrected chi connectivity index (χ2v) is 10.1. The molecule has 196 valence electrons. The third-order valence-electron chi connectivity index (χ3n) is 8.23. The number of allylic oxidation sites excluding steroid dienone is 2. The summed E-state index contributed by atoms with van der Waals surface area (Å²) in [6, 6.07) is 4.07. The van der Waals surface area contributed by atoms with Crippen LogP contribution in [0.5, 0.6) is 11.5 Å². The number of rotatable bonds is 7. The van der Waals surface area contributed by atoms with Crippen molar-refractivity contribution in [1.29, 1.82) is 0 Å². The van der Waals surface area contributed by atoms with E-state index in [1.807, 2.05) is 37.1 Å². The van der Waals surface area contributed by atoms with Gasteiger partial charge in [-0.25, -0.2) is 10.6 Å². The van der Waals surface area contributed by atoms with E-state index in [-0.39, 0.29) is 17.5 Å². The Morgan fingerprint density at radius 2 is 1.97 bits per heavy atom. The lowest BCUT2D eigenvalue weighted by Crippen LogP contribution is -2.54. The first-order valence-corrected chi connectivity index (χ1v) is 12.8. The maximum Gasteiger partial charge on any atom is 0.325 e. The van der Waals surface area contributed by atoms with Crippen LogP contribution in [0.25, 0.3) is 0 Å². The van der Waals surface area contributed by atoms with Gasteiger partial charge in [-0.2, -0.15) is 0 Å². The van der Waals surface area contributed by atoms with Crippen molar-refractivity contribution in [3.63, 3.8) is 0 Å². The number of hydrogen-bond acceptors (Lipinski definition) is 6. The van der Waals surface area contributed by atoms with Crippen LogP contribution in [0.3, 0.4) is 0 Å². The van der Waals surface area contributed by atoms with Gasteiger partial charge in [0, 0.05) is 62.2 Å². The Morgan fingerprint density at radius 1 is 1.28 bits per heavy atom. The van der Waals surface area contributed by atoms with Gasteiger partial charge in [-0.3, -0.25) is 9.80 Å². The Balaban J connectivity index is 1.67. The lowest BCUT2D eigenvalue weighted by molar-refractivity contribution is 0.0968. The topological polar surface area (TPSA) is 74.5 Å². The number of amides is 2. The van der Waals surface area contributed by atoms with E-state index in [1.165, 1.54) is 0 Å². The first kappa shape index (κ1) is 26.1. The standard InChI is InChI=1S/C28H41N5O3/c1-8-21(20(4)30(5)29)17-31-12-10-28(11-13-31)25-14-19(3)26-22(15-23(35-6)16-24(26)36-7)18-32(25)27(34)33(28)9-2/h8,14-16,19H,1,9-13,17-18,29H2,2-7H3/b21-20+/t19-/m0/s1. The van der Waals surface area contributed by atoms with Gasteiger partial charge in [0.2, 0.25) is 0 Å². The Kier molecular flexibility index (Phi) is 7.38. The van der Waals surface area contributed by atoms with Crippen LogP contribution >= 0.6 is 0 Å². The average molecular weight is 496 g/mol. The van der Waals surface area contributed by atoms with Gasteiger partial charge in [0.05, 0.1) is 26.3 Å². The third-order valence-corrected chi connectivity index (χ3v) is 8.23. The third kappa shape index (κ3) is 4.26. The highest BCUT2D eigenvalue weighted by molar-refractivity contribution is 5.83. The lowest BCUT2D eigenvalue weighted by Gasteiger charge is -2.44. The normalized spacial score (nSPS) is 21.9. The van der Waals surface area contributed by atoms with Gasteiger partial charge in [0.1, 0.15) is 11.5 Å². The van der Waals surface area contributed by atoms with E-state index < -0.39 is 0 Å².